The van der Waals surface area contributed by atoms with Gasteiger partial charge in [0.15, 0.2) is 0 Å². The van der Waals surface area contributed by atoms with Crippen LogP contribution in [0.4, 0.5) is 4.79 Å². The van der Waals surface area contributed by atoms with E-state index in [0.29, 0.717) is 13.1 Å². The number of carbonyl (C=O) groups excluding carboxylic acids is 1. The molecule has 5 nitrogen and oxygen atoms in total. The molecule has 0 saturated carbocycles. The first-order chi connectivity index (χ1) is 7.92. The molecule has 0 aliphatic heterocycles. The van der Waals surface area contributed by atoms with Gasteiger partial charge in [-0.15, -0.1) is 6.58 Å². The van der Waals surface area contributed by atoms with Gasteiger partial charge in [0.05, 0.1) is 18.6 Å². The average Bonchev–Trinajstić information content (AvgIpc) is 2.60. The minimum absolute atomic E-state index is 0.392. The quantitative estimate of drug-likeness (QED) is 0.816. The van der Waals surface area contributed by atoms with E-state index in [0.717, 1.165) is 5.69 Å². The van der Waals surface area contributed by atoms with E-state index >= 15 is 0 Å². The lowest BCUT2D eigenvalue weighted by molar-refractivity contribution is 0.0522. The molecule has 0 unspecified atom stereocenters. The number of hydrogen-bond donors (Lipinski definition) is 1. The number of hydrogen-bond acceptors (Lipinski definition) is 3. The fraction of sp³-hybridized carbons (Fsp3) is 0.500. The van der Waals surface area contributed by atoms with Crippen LogP contribution in [0.3, 0.4) is 0 Å². The van der Waals surface area contributed by atoms with Crippen LogP contribution in [-0.4, -0.2) is 21.2 Å². The summed E-state index contributed by atoms with van der Waals surface area (Å²) in [7, 11) is 0. The molecule has 1 heterocycles. The maximum atomic E-state index is 11.4. The monoisotopic (exact) mass is 237 g/mol. The van der Waals surface area contributed by atoms with Crippen molar-refractivity contribution >= 4 is 6.09 Å². The van der Waals surface area contributed by atoms with E-state index in [1.807, 2.05) is 25.3 Å². The number of allylic oxidation sites excluding steroid dienone is 1. The summed E-state index contributed by atoms with van der Waals surface area (Å²) < 4.78 is 7.04. The van der Waals surface area contributed by atoms with Gasteiger partial charge in [0.2, 0.25) is 0 Å². The van der Waals surface area contributed by atoms with Crippen LogP contribution in [0.5, 0.6) is 0 Å². The summed E-state index contributed by atoms with van der Waals surface area (Å²) in [6.45, 7) is 10.2. The number of rotatable bonds is 4. The van der Waals surface area contributed by atoms with Crippen molar-refractivity contribution in [2.24, 2.45) is 0 Å². The van der Waals surface area contributed by atoms with Gasteiger partial charge >= 0.3 is 6.09 Å². The molecule has 5 heteroatoms. The number of amides is 1. The lowest BCUT2D eigenvalue weighted by Gasteiger charge is -2.19. The van der Waals surface area contributed by atoms with Gasteiger partial charge in [-0.2, -0.15) is 0 Å². The van der Waals surface area contributed by atoms with Crippen molar-refractivity contribution in [2.75, 3.05) is 0 Å². The van der Waals surface area contributed by atoms with Crippen LogP contribution in [0.1, 0.15) is 26.5 Å². The third-order valence-electron chi connectivity index (χ3n) is 1.94. The summed E-state index contributed by atoms with van der Waals surface area (Å²) in [5.41, 5.74) is 0.432. The molecule has 0 aromatic carbocycles. The second kappa shape index (κ2) is 5.52. The summed E-state index contributed by atoms with van der Waals surface area (Å²) in [4.78, 5) is 15.5. The zero-order valence-electron chi connectivity index (χ0n) is 10.6. The molecular formula is C12H19N3O2. The van der Waals surface area contributed by atoms with Crippen LogP contribution in [0, 0.1) is 0 Å². The van der Waals surface area contributed by atoms with E-state index in [-0.39, 0.29) is 0 Å². The normalized spacial score (nSPS) is 11.0. The molecule has 94 valence electrons. The summed E-state index contributed by atoms with van der Waals surface area (Å²) in [5.74, 6) is 0. The lowest BCUT2D eigenvalue weighted by atomic mass is 10.2. The van der Waals surface area contributed by atoms with Gasteiger partial charge in [-0.25, -0.2) is 9.78 Å². The molecule has 1 amide bonds. The number of nitrogens with one attached hydrogen (secondary N) is 1. The molecular weight excluding hydrogens is 218 g/mol. The molecule has 1 N–H and O–H groups in total. The van der Waals surface area contributed by atoms with E-state index in [9.17, 15) is 4.79 Å². The van der Waals surface area contributed by atoms with Crippen molar-refractivity contribution in [1.82, 2.24) is 14.9 Å². The Labute approximate surface area is 101 Å². The number of alkyl carbamates (subject to hydrolysis) is 1. The van der Waals surface area contributed by atoms with Crippen LogP contribution < -0.4 is 5.32 Å². The zero-order chi connectivity index (χ0) is 12.9. The Bertz CT molecular complexity index is 391. The van der Waals surface area contributed by atoms with Crippen molar-refractivity contribution in [3.8, 4) is 0 Å². The van der Waals surface area contributed by atoms with Crippen LogP contribution in [0.2, 0.25) is 0 Å². The highest BCUT2D eigenvalue weighted by molar-refractivity contribution is 5.67. The van der Waals surface area contributed by atoms with Gasteiger partial charge in [0, 0.05) is 12.7 Å². The van der Waals surface area contributed by atoms with E-state index in [1.54, 1.807) is 18.6 Å². The van der Waals surface area contributed by atoms with E-state index in [4.69, 9.17) is 4.74 Å². The van der Waals surface area contributed by atoms with Gasteiger partial charge in [-0.05, 0) is 20.8 Å². The molecule has 0 atom stereocenters. The standard InChI is InChI=1S/C12H19N3O2/c1-5-6-15-9-13-7-10(15)8-14-11(16)17-12(2,3)4/h5,7,9H,1,6,8H2,2-4H3,(H,14,16). The predicted octanol–water partition coefficient (Wildman–Crippen LogP) is 2.09. The fourth-order valence-electron chi connectivity index (χ4n) is 1.28. The Morgan fingerprint density at radius 2 is 2.35 bits per heavy atom. The summed E-state index contributed by atoms with van der Waals surface area (Å²) in [5, 5.41) is 2.68. The average molecular weight is 237 g/mol. The first-order valence-electron chi connectivity index (χ1n) is 5.49. The van der Waals surface area contributed by atoms with E-state index < -0.39 is 11.7 Å². The highest BCUT2D eigenvalue weighted by Crippen LogP contribution is 2.07. The summed E-state index contributed by atoms with van der Waals surface area (Å²) >= 11 is 0. The van der Waals surface area contributed by atoms with E-state index in [1.165, 1.54) is 0 Å². The molecule has 0 aliphatic rings. The van der Waals surface area contributed by atoms with Gasteiger partial charge in [0.1, 0.15) is 5.60 Å². The predicted molar refractivity (Wildman–Crippen MR) is 65.5 cm³/mol. The van der Waals surface area contributed by atoms with Gasteiger partial charge in [-0.3, -0.25) is 0 Å². The Balaban J connectivity index is 2.47. The third kappa shape index (κ3) is 4.72. The minimum atomic E-state index is -0.481. The molecule has 0 fully saturated rings. The number of carbonyl (C=O) groups is 1. The highest BCUT2D eigenvalue weighted by Gasteiger charge is 2.16. The first-order valence-corrected chi connectivity index (χ1v) is 5.49. The molecule has 0 spiro atoms. The molecule has 0 bridgehead atoms. The summed E-state index contributed by atoms with van der Waals surface area (Å²) in [6, 6.07) is 0. The number of imidazole rings is 1. The Morgan fingerprint density at radius 1 is 1.65 bits per heavy atom. The Morgan fingerprint density at radius 3 is 2.94 bits per heavy atom. The second-order valence-electron chi connectivity index (χ2n) is 4.68. The smallest absolute Gasteiger partial charge is 0.407 e. The van der Waals surface area contributed by atoms with Gasteiger partial charge in [-0.1, -0.05) is 6.08 Å². The molecule has 0 aliphatic carbocycles. The van der Waals surface area contributed by atoms with Crippen LogP contribution in [-0.2, 0) is 17.8 Å². The molecule has 1 aromatic rings. The molecule has 0 radical (unpaired) electrons. The fourth-order valence-corrected chi connectivity index (χ4v) is 1.28. The molecule has 1 aromatic heterocycles. The summed E-state index contributed by atoms with van der Waals surface area (Å²) in [6.07, 6.45) is 4.76. The van der Waals surface area contributed by atoms with Crippen molar-refractivity contribution in [3.05, 3.63) is 30.9 Å². The van der Waals surface area contributed by atoms with Gasteiger partial charge < -0.3 is 14.6 Å². The van der Waals surface area contributed by atoms with E-state index in [2.05, 4.69) is 16.9 Å². The van der Waals surface area contributed by atoms with Crippen LogP contribution in [0.15, 0.2) is 25.2 Å². The van der Waals surface area contributed by atoms with Crippen molar-refractivity contribution in [1.29, 1.82) is 0 Å². The van der Waals surface area contributed by atoms with Gasteiger partial charge in [0.25, 0.3) is 0 Å². The SMILES string of the molecule is C=CCn1cncc1CNC(=O)OC(C)(C)C. The third-order valence-corrected chi connectivity index (χ3v) is 1.94. The second-order valence-corrected chi connectivity index (χ2v) is 4.68. The topological polar surface area (TPSA) is 56.2 Å². The molecule has 0 saturated heterocycles. The largest absolute Gasteiger partial charge is 0.444 e. The molecule has 17 heavy (non-hydrogen) atoms. The van der Waals surface area contributed by atoms with Crippen molar-refractivity contribution in [2.45, 2.75) is 39.5 Å². The van der Waals surface area contributed by atoms with Crippen LogP contribution in [0.25, 0.3) is 0 Å². The Hall–Kier alpha value is -1.78. The number of aromatic nitrogens is 2. The highest BCUT2D eigenvalue weighted by atomic mass is 16.6. The number of ether oxygens (including phenoxy) is 1. The van der Waals surface area contributed by atoms with Crippen molar-refractivity contribution < 1.29 is 9.53 Å². The van der Waals surface area contributed by atoms with Crippen molar-refractivity contribution in [3.63, 3.8) is 0 Å². The lowest BCUT2D eigenvalue weighted by Crippen LogP contribution is -2.32. The Kier molecular flexibility index (Phi) is 4.31. The maximum Gasteiger partial charge on any atom is 0.407 e. The number of nitrogens with zero attached hydrogens (tertiary/aromatic N) is 2. The first kappa shape index (κ1) is 13.3. The molecule has 1 rings (SSSR count). The zero-order valence-corrected chi connectivity index (χ0v) is 10.6. The maximum absolute atomic E-state index is 11.4. The minimum Gasteiger partial charge on any atom is -0.444 e. The van der Waals surface area contributed by atoms with Crippen LogP contribution >= 0.6 is 0 Å².